The predicted octanol–water partition coefficient (Wildman–Crippen LogP) is 3.49. The molecule has 5 rings (SSSR count). The zero-order chi connectivity index (χ0) is 17.1. The highest BCUT2D eigenvalue weighted by molar-refractivity contribution is 6.23. The van der Waals surface area contributed by atoms with E-state index < -0.39 is 0 Å². The summed E-state index contributed by atoms with van der Waals surface area (Å²) in [7, 11) is 1.59. The lowest BCUT2D eigenvalue weighted by Gasteiger charge is -2.20. The van der Waals surface area contributed by atoms with Crippen molar-refractivity contribution in [1.82, 2.24) is 0 Å². The Morgan fingerprint density at radius 1 is 1.00 bits per heavy atom. The molecular weight excluding hydrogens is 314 g/mol. The molecule has 1 heterocycles. The molecule has 1 aliphatic heterocycles. The van der Waals surface area contributed by atoms with Gasteiger partial charge in [-0.1, -0.05) is 29.4 Å². The second-order valence-corrected chi connectivity index (χ2v) is 7.47. The van der Waals surface area contributed by atoms with E-state index in [9.17, 15) is 9.59 Å². The molecule has 2 bridgehead atoms. The van der Waals surface area contributed by atoms with Crippen LogP contribution < -0.4 is 9.64 Å². The lowest BCUT2D eigenvalue weighted by Crippen LogP contribution is -2.33. The summed E-state index contributed by atoms with van der Waals surface area (Å²) in [6, 6.07) is 7.22. The number of nitrogens with zero attached hydrogens (tertiary/aromatic N) is 1. The fourth-order valence-corrected chi connectivity index (χ4v) is 5.33. The maximum absolute atomic E-state index is 13.2. The quantitative estimate of drug-likeness (QED) is 0.614. The van der Waals surface area contributed by atoms with E-state index in [0.29, 0.717) is 11.4 Å². The van der Waals surface area contributed by atoms with Crippen molar-refractivity contribution in [2.75, 3.05) is 12.0 Å². The first-order valence-electron chi connectivity index (χ1n) is 9.12. The molecule has 128 valence electrons. The fourth-order valence-electron chi connectivity index (χ4n) is 5.33. The third-order valence-corrected chi connectivity index (χ3v) is 6.34. The van der Waals surface area contributed by atoms with Crippen molar-refractivity contribution in [2.24, 2.45) is 23.7 Å². The molecule has 4 atom stereocenters. The van der Waals surface area contributed by atoms with E-state index in [-0.39, 0.29) is 35.5 Å². The minimum atomic E-state index is -0.211. The molecule has 3 fully saturated rings. The number of ether oxygens (including phenoxy) is 1. The lowest BCUT2D eigenvalue weighted by atomic mass is 9.85. The van der Waals surface area contributed by atoms with E-state index in [1.54, 1.807) is 13.2 Å². The van der Waals surface area contributed by atoms with Crippen LogP contribution in [0.15, 0.2) is 47.6 Å². The Labute approximate surface area is 147 Å². The summed E-state index contributed by atoms with van der Waals surface area (Å²) in [5.41, 5.74) is 3.54. The van der Waals surface area contributed by atoms with Gasteiger partial charge in [-0.3, -0.25) is 9.59 Å². The number of benzene rings is 1. The van der Waals surface area contributed by atoms with Crippen molar-refractivity contribution in [3.8, 4) is 5.75 Å². The summed E-state index contributed by atoms with van der Waals surface area (Å²) in [6.07, 6.45) is 9.12. The molecule has 4 nitrogen and oxygen atoms in total. The van der Waals surface area contributed by atoms with Gasteiger partial charge < -0.3 is 4.74 Å². The van der Waals surface area contributed by atoms with E-state index in [1.165, 1.54) is 28.9 Å². The highest BCUT2D eigenvalue weighted by Crippen LogP contribution is 2.58. The Balaban J connectivity index is 1.54. The van der Waals surface area contributed by atoms with Crippen LogP contribution in [0.4, 0.5) is 5.69 Å². The van der Waals surface area contributed by atoms with Crippen molar-refractivity contribution < 1.29 is 14.3 Å². The number of anilines is 1. The minimum Gasteiger partial charge on any atom is -0.497 e. The number of carbonyl (C=O) groups is 2. The maximum atomic E-state index is 13.2. The van der Waals surface area contributed by atoms with Gasteiger partial charge >= 0.3 is 0 Å². The van der Waals surface area contributed by atoms with Gasteiger partial charge in [0.1, 0.15) is 5.75 Å². The standard InChI is InChI=1S/C21H21NO3/c1-25-14-8-4-7-13(11-14)22-20(23)18-15-9-10-16(19(18)21(22)24)17(15)12-5-2-3-6-12/h4,7-11,15-16,18-19H,2-3,5-6H2,1H3/t15-,16-,18+,19+/m0/s1. The van der Waals surface area contributed by atoms with Crippen LogP contribution in [0.2, 0.25) is 0 Å². The molecule has 1 aromatic carbocycles. The third-order valence-electron chi connectivity index (χ3n) is 6.34. The number of amides is 2. The van der Waals surface area contributed by atoms with Gasteiger partial charge in [0.15, 0.2) is 0 Å². The van der Waals surface area contributed by atoms with Crippen LogP contribution >= 0.6 is 0 Å². The molecule has 0 spiro atoms. The van der Waals surface area contributed by atoms with Gasteiger partial charge in [0.2, 0.25) is 11.8 Å². The molecule has 0 radical (unpaired) electrons. The summed E-state index contributed by atoms with van der Waals surface area (Å²) in [5, 5.41) is 0. The van der Waals surface area contributed by atoms with E-state index >= 15 is 0 Å². The van der Waals surface area contributed by atoms with Crippen LogP contribution in [-0.2, 0) is 9.59 Å². The van der Waals surface area contributed by atoms with Gasteiger partial charge in [0, 0.05) is 17.9 Å². The molecule has 0 aromatic heterocycles. The van der Waals surface area contributed by atoms with Crippen LogP contribution in [0.5, 0.6) is 5.75 Å². The van der Waals surface area contributed by atoms with Gasteiger partial charge in [-0.05, 0) is 37.8 Å². The number of fused-ring (bicyclic) bond motifs is 5. The molecule has 0 unspecified atom stereocenters. The number of methoxy groups -OCH3 is 1. The molecule has 3 aliphatic carbocycles. The van der Waals surface area contributed by atoms with Crippen LogP contribution in [-0.4, -0.2) is 18.9 Å². The van der Waals surface area contributed by atoms with Crippen molar-refractivity contribution in [3.63, 3.8) is 0 Å². The Morgan fingerprint density at radius 2 is 1.64 bits per heavy atom. The largest absolute Gasteiger partial charge is 0.497 e. The van der Waals surface area contributed by atoms with Crippen LogP contribution in [0, 0.1) is 23.7 Å². The maximum Gasteiger partial charge on any atom is 0.238 e. The number of hydrogen-bond acceptors (Lipinski definition) is 3. The molecule has 1 saturated heterocycles. The van der Waals surface area contributed by atoms with Gasteiger partial charge in [-0.2, -0.15) is 0 Å². The van der Waals surface area contributed by atoms with Gasteiger partial charge in [-0.15, -0.1) is 0 Å². The molecule has 4 aliphatic rings. The van der Waals surface area contributed by atoms with Gasteiger partial charge in [0.05, 0.1) is 24.6 Å². The van der Waals surface area contributed by atoms with E-state index in [0.717, 1.165) is 12.8 Å². The predicted molar refractivity (Wildman–Crippen MR) is 94.1 cm³/mol. The Kier molecular flexibility index (Phi) is 3.18. The number of rotatable bonds is 2. The Hall–Kier alpha value is -2.36. The number of carbonyl (C=O) groups excluding carboxylic acids is 2. The third kappa shape index (κ3) is 1.94. The van der Waals surface area contributed by atoms with Crippen LogP contribution in [0.1, 0.15) is 25.7 Å². The lowest BCUT2D eigenvalue weighted by molar-refractivity contribution is -0.122. The SMILES string of the molecule is COc1cccc(N2C(=O)[C@H]3[C@H](C2=O)[C@H]2C=C[C@H]3C2=C2CCCC2)c1. The van der Waals surface area contributed by atoms with Crippen molar-refractivity contribution in [1.29, 1.82) is 0 Å². The summed E-state index contributed by atoms with van der Waals surface area (Å²) < 4.78 is 5.25. The zero-order valence-corrected chi connectivity index (χ0v) is 14.3. The van der Waals surface area contributed by atoms with Crippen LogP contribution in [0.3, 0.4) is 0 Å². The average Bonchev–Trinajstić information content (AvgIpc) is 3.38. The second kappa shape index (κ2) is 5.32. The van der Waals surface area contributed by atoms with Crippen molar-refractivity contribution in [3.05, 3.63) is 47.6 Å². The minimum absolute atomic E-state index is 0.0452. The van der Waals surface area contributed by atoms with E-state index in [1.807, 2.05) is 18.2 Å². The summed E-state index contributed by atoms with van der Waals surface area (Å²) >= 11 is 0. The highest BCUT2D eigenvalue weighted by Gasteiger charge is 2.62. The fraction of sp³-hybridized carbons (Fsp3) is 0.429. The summed E-state index contributed by atoms with van der Waals surface area (Å²) in [4.78, 5) is 27.7. The molecule has 0 N–H and O–H groups in total. The van der Waals surface area contributed by atoms with Crippen LogP contribution in [0.25, 0.3) is 0 Å². The molecular formula is C21H21NO3. The Bertz CT molecular complexity index is 795. The molecule has 1 aromatic rings. The van der Waals surface area contributed by atoms with Gasteiger partial charge in [-0.25, -0.2) is 4.90 Å². The smallest absolute Gasteiger partial charge is 0.238 e. The molecule has 2 amide bonds. The Morgan fingerprint density at radius 3 is 2.24 bits per heavy atom. The molecule has 4 heteroatoms. The van der Waals surface area contributed by atoms with E-state index in [2.05, 4.69) is 12.2 Å². The topological polar surface area (TPSA) is 46.6 Å². The number of allylic oxidation sites excluding steroid dienone is 4. The second-order valence-electron chi connectivity index (χ2n) is 7.47. The van der Waals surface area contributed by atoms with E-state index in [4.69, 9.17) is 4.74 Å². The number of imide groups is 1. The van der Waals surface area contributed by atoms with Crippen molar-refractivity contribution in [2.45, 2.75) is 25.7 Å². The van der Waals surface area contributed by atoms with Crippen molar-refractivity contribution >= 4 is 17.5 Å². The molecule has 2 saturated carbocycles. The normalized spacial score (nSPS) is 32.9. The van der Waals surface area contributed by atoms with Gasteiger partial charge in [0.25, 0.3) is 0 Å². The summed E-state index contributed by atoms with van der Waals surface area (Å²) in [6.45, 7) is 0. The summed E-state index contributed by atoms with van der Waals surface area (Å²) in [5.74, 6) is 0.413. The highest BCUT2D eigenvalue weighted by atomic mass is 16.5. The zero-order valence-electron chi connectivity index (χ0n) is 14.3. The first-order chi connectivity index (χ1) is 12.2. The molecule has 25 heavy (non-hydrogen) atoms. The number of hydrogen-bond donors (Lipinski definition) is 0. The first kappa shape index (κ1) is 14.9. The first-order valence-corrected chi connectivity index (χ1v) is 9.12. The monoisotopic (exact) mass is 335 g/mol. The average molecular weight is 335 g/mol.